The van der Waals surface area contributed by atoms with Crippen LogP contribution in [0.5, 0.6) is 0 Å². The van der Waals surface area contributed by atoms with Crippen LogP contribution in [0.3, 0.4) is 0 Å². The van der Waals surface area contributed by atoms with E-state index in [-0.39, 0.29) is 35.7 Å². The number of amides is 2. The second kappa shape index (κ2) is 10.7. The molecule has 1 aliphatic rings. The molecule has 0 radical (unpaired) electrons. The molecule has 1 heterocycles. The molecule has 0 bridgehead atoms. The van der Waals surface area contributed by atoms with E-state index in [9.17, 15) is 22.4 Å². The van der Waals surface area contributed by atoms with E-state index >= 15 is 0 Å². The van der Waals surface area contributed by atoms with Crippen molar-refractivity contribution in [1.82, 2.24) is 14.9 Å². The van der Waals surface area contributed by atoms with Gasteiger partial charge in [0.15, 0.2) is 0 Å². The molecule has 1 atom stereocenters. The van der Waals surface area contributed by atoms with Crippen molar-refractivity contribution in [1.29, 1.82) is 0 Å². The molecule has 2 amide bonds. The summed E-state index contributed by atoms with van der Waals surface area (Å²) in [5, 5.41) is 2.88. The van der Waals surface area contributed by atoms with E-state index in [2.05, 4.69) is 10.0 Å². The number of hydrogen-bond acceptors (Lipinski definition) is 4. The van der Waals surface area contributed by atoms with Crippen molar-refractivity contribution in [3.8, 4) is 0 Å². The van der Waals surface area contributed by atoms with Crippen molar-refractivity contribution in [3.63, 3.8) is 0 Å². The van der Waals surface area contributed by atoms with Crippen LogP contribution in [0.4, 0.5) is 4.39 Å². The van der Waals surface area contributed by atoms with Gasteiger partial charge in [-0.3, -0.25) is 9.59 Å². The molecule has 1 saturated heterocycles. The smallest absolute Gasteiger partial charge is 0.240 e. The first-order valence-corrected chi connectivity index (χ1v) is 12.8. The number of nitrogens with one attached hydrogen (secondary N) is 2. The van der Waals surface area contributed by atoms with E-state index in [0.29, 0.717) is 30.6 Å². The number of benzene rings is 2. The van der Waals surface area contributed by atoms with Gasteiger partial charge in [0.05, 0.1) is 10.8 Å². The summed E-state index contributed by atoms with van der Waals surface area (Å²) in [5.74, 6) is -0.837. The van der Waals surface area contributed by atoms with Gasteiger partial charge in [-0.05, 0) is 48.2 Å². The molecule has 0 spiro atoms. The van der Waals surface area contributed by atoms with E-state index in [0.717, 1.165) is 6.42 Å². The van der Waals surface area contributed by atoms with Crippen LogP contribution >= 0.6 is 0 Å². The molecule has 1 fully saturated rings. The quantitative estimate of drug-likeness (QED) is 0.624. The summed E-state index contributed by atoms with van der Waals surface area (Å²) in [5.41, 5.74) is 0.659. The molecular formula is C25H32FN3O4S. The fraction of sp³-hybridized carbons (Fsp3) is 0.440. The average molecular weight is 490 g/mol. The van der Waals surface area contributed by atoms with E-state index in [1.165, 1.54) is 30.3 Å². The highest BCUT2D eigenvalue weighted by molar-refractivity contribution is 7.89. The second-order valence-corrected chi connectivity index (χ2v) is 11.4. The zero-order valence-electron chi connectivity index (χ0n) is 19.8. The highest BCUT2D eigenvalue weighted by atomic mass is 32.2. The van der Waals surface area contributed by atoms with Gasteiger partial charge in [0, 0.05) is 31.6 Å². The number of rotatable bonds is 7. The lowest BCUT2D eigenvalue weighted by molar-refractivity contribution is -0.142. The molecule has 9 heteroatoms. The van der Waals surface area contributed by atoms with Crippen molar-refractivity contribution in [2.24, 2.45) is 11.3 Å². The summed E-state index contributed by atoms with van der Waals surface area (Å²) in [6.45, 7) is 6.79. The minimum Gasteiger partial charge on any atom is -0.352 e. The topological polar surface area (TPSA) is 95.6 Å². The number of piperidine rings is 1. The maximum absolute atomic E-state index is 13.3. The van der Waals surface area contributed by atoms with Crippen molar-refractivity contribution >= 4 is 21.8 Å². The van der Waals surface area contributed by atoms with Crippen LogP contribution in [0.15, 0.2) is 53.4 Å². The van der Waals surface area contributed by atoms with E-state index in [1.807, 2.05) is 20.8 Å². The Morgan fingerprint density at radius 3 is 2.41 bits per heavy atom. The fourth-order valence-electron chi connectivity index (χ4n) is 3.91. The number of likely N-dealkylation sites (tertiary alicyclic amines) is 1. The number of halogens is 1. The summed E-state index contributed by atoms with van der Waals surface area (Å²) in [4.78, 5) is 27.1. The standard InChI is InChI=1S/C25H32FN3O4S/c1-25(2,3)24(31)29-12-6-9-20(17-29)23(30)27-15-19-8-5-11-22(14-19)34(32,33)28-16-18-7-4-10-21(26)13-18/h4-5,7-8,10-11,13-14,20,28H,6,9,12,15-17H2,1-3H3,(H,27,30). The van der Waals surface area contributed by atoms with Crippen LogP contribution in [0.25, 0.3) is 0 Å². The molecule has 3 rings (SSSR count). The van der Waals surface area contributed by atoms with E-state index < -0.39 is 21.3 Å². The molecule has 1 aliphatic heterocycles. The number of sulfonamides is 1. The van der Waals surface area contributed by atoms with Crippen LogP contribution in [0.1, 0.15) is 44.7 Å². The lowest BCUT2D eigenvalue weighted by Gasteiger charge is -2.35. The average Bonchev–Trinajstić information content (AvgIpc) is 2.80. The van der Waals surface area contributed by atoms with Crippen molar-refractivity contribution < 1.29 is 22.4 Å². The SMILES string of the molecule is CC(C)(C)C(=O)N1CCCC(C(=O)NCc2cccc(S(=O)(=O)NCc3cccc(F)c3)c2)C1. The largest absolute Gasteiger partial charge is 0.352 e. The molecule has 0 aliphatic carbocycles. The number of carbonyl (C=O) groups is 2. The first-order chi connectivity index (χ1) is 16.0. The van der Waals surface area contributed by atoms with Crippen molar-refractivity contribution in [3.05, 3.63) is 65.5 Å². The molecule has 34 heavy (non-hydrogen) atoms. The Balaban J connectivity index is 1.58. The minimum atomic E-state index is -3.81. The van der Waals surface area contributed by atoms with Crippen LogP contribution in [-0.4, -0.2) is 38.2 Å². The van der Waals surface area contributed by atoms with Crippen molar-refractivity contribution in [2.75, 3.05) is 13.1 Å². The molecule has 184 valence electrons. The first-order valence-electron chi connectivity index (χ1n) is 11.4. The zero-order valence-corrected chi connectivity index (χ0v) is 20.6. The summed E-state index contributed by atoms with van der Waals surface area (Å²) in [6, 6.07) is 12.1. The molecule has 2 aromatic carbocycles. The fourth-order valence-corrected chi connectivity index (χ4v) is 5.00. The summed E-state index contributed by atoms with van der Waals surface area (Å²) in [7, 11) is -3.81. The Hall–Kier alpha value is -2.78. The number of hydrogen-bond donors (Lipinski definition) is 2. The Kier molecular flexibility index (Phi) is 8.09. The third-order valence-corrected chi connectivity index (χ3v) is 7.15. The van der Waals surface area contributed by atoms with Gasteiger partial charge in [0.1, 0.15) is 5.82 Å². The van der Waals surface area contributed by atoms with Gasteiger partial charge >= 0.3 is 0 Å². The normalized spacial score (nSPS) is 16.8. The first kappa shape index (κ1) is 25.8. The lowest BCUT2D eigenvalue weighted by atomic mass is 9.91. The van der Waals surface area contributed by atoms with E-state index in [1.54, 1.807) is 23.1 Å². The minimum absolute atomic E-state index is 0.0352. The molecule has 7 nitrogen and oxygen atoms in total. The number of carbonyl (C=O) groups excluding carboxylic acids is 2. The van der Waals surface area contributed by atoms with Gasteiger partial charge in [-0.2, -0.15) is 0 Å². The zero-order chi connectivity index (χ0) is 24.9. The Bertz CT molecular complexity index is 1140. The predicted molar refractivity (Wildman–Crippen MR) is 127 cm³/mol. The Morgan fingerprint density at radius 1 is 1.06 bits per heavy atom. The van der Waals surface area contributed by atoms with Gasteiger partial charge in [-0.15, -0.1) is 0 Å². The van der Waals surface area contributed by atoms with Crippen LogP contribution < -0.4 is 10.0 Å². The maximum atomic E-state index is 13.3. The molecule has 2 aromatic rings. The molecule has 0 aromatic heterocycles. The highest BCUT2D eigenvalue weighted by Crippen LogP contribution is 2.24. The van der Waals surface area contributed by atoms with Gasteiger partial charge in [-0.25, -0.2) is 17.5 Å². The van der Waals surface area contributed by atoms with Crippen LogP contribution in [0, 0.1) is 17.2 Å². The van der Waals surface area contributed by atoms with Gasteiger partial charge < -0.3 is 10.2 Å². The monoisotopic (exact) mass is 489 g/mol. The van der Waals surface area contributed by atoms with Gasteiger partial charge in [0.25, 0.3) is 0 Å². The summed E-state index contributed by atoms with van der Waals surface area (Å²) >= 11 is 0. The van der Waals surface area contributed by atoms with Gasteiger partial charge in [-0.1, -0.05) is 45.0 Å². The molecule has 1 unspecified atom stereocenters. The summed E-state index contributed by atoms with van der Waals surface area (Å²) in [6.07, 6.45) is 1.47. The van der Waals surface area contributed by atoms with Crippen LogP contribution in [-0.2, 0) is 32.7 Å². The Labute approximate surface area is 200 Å². The van der Waals surface area contributed by atoms with Crippen molar-refractivity contribution in [2.45, 2.75) is 51.6 Å². The van der Waals surface area contributed by atoms with E-state index in [4.69, 9.17) is 0 Å². The second-order valence-electron chi connectivity index (χ2n) is 9.66. The van der Waals surface area contributed by atoms with Crippen LogP contribution in [0.2, 0.25) is 0 Å². The van der Waals surface area contributed by atoms with Gasteiger partial charge in [0.2, 0.25) is 21.8 Å². The predicted octanol–water partition coefficient (Wildman–Crippen LogP) is 3.21. The third-order valence-electron chi connectivity index (χ3n) is 5.75. The Morgan fingerprint density at radius 2 is 1.74 bits per heavy atom. The summed E-state index contributed by atoms with van der Waals surface area (Å²) < 4.78 is 41.2. The third kappa shape index (κ3) is 6.87. The maximum Gasteiger partial charge on any atom is 0.240 e. The molecule has 2 N–H and O–H groups in total. The number of nitrogens with zero attached hydrogens (tertiary/aromatic N) is 1. The molecule has 0 saturated carbocycles. The molecular weight excluding hydrogens is 457 g/mol. The lowest BCUT2D eigenvalue weighted by Crippen LogP contribution is -2.48. The highest BCUT2D eigenvalue weighted by Gasteiger charge is 2.33.